The van der Waals surface area contributed by atoms with Gasteiger partial charge in [0.1, 0.15) is 4.90 Å². The number of nitrogens with zero attached hydrogens (tertiary/aromatic N) is 2. The highest BCUT2D eigenvalue weighted by molar-refractivity contribution is 7.89. The summed E-state index contributed by atoms with van der Waals surface area (Å²) in [5.41, 5.74) is 5.79. The molecule has 1 aromatic heterocycles. The van der Waals surface area contributed by atoms with E-state index in [1.54, 1.807) is 0 Å². The number of hydrogen-bond acceptors (Lipinski definition) is 5. The molecule has 8 heteroatoms. The van der Waals surface area contributed by atoms with Crippen LogP contribution in [0.1, 0.15) is 18.5 Å². The van der Waals surface area contributed by atoms with Crippen molar-refractivity contribution in [2.75, 3.05) is 13.6 Å². The maximum absolute atomic E-state index is 12.4. The highest BCUT2D eigenvalue weighted by Gasteiger charge is 2.28. The van der Waals surface area contributed by atoms with Crippen LogP contribution in [0.15, 0.2) is 23.2 Å². The molecule has 1 aliphatic rings. The number of amides is 1. The van der Waals surface area contributed by atoms with Crippen LogP contribution in [0, 0.1) is 0 Å². The standard InChI is InChI=1S/C12H18N4O3S/c1-16(8-12(17)15-9-4-5-9)20(18,19)11-3-2-6-14-10(11)7-13/h2-3,6,9H,4-5,7-8,13H2,1H3,(H,15,17). The van der Waals surface area contributed by atoms with Crippen molar-refractivity contribution in [1.82, 2.24) is 14.6 Å². The molecule has 1 fully saturated rings. The molecule has 0 spiro atoms. The molecular weight excluding hydrogens is 280 g/mol. The van der Waals surface area contributed by atoms with Crippen LogP contribution in [0.4, 0.5) is 0 Å². The molecule has 1 amide bonds. The fourth-order valence-electron chi connectivity index (χ4n) is 1.77. The number of hydrogen-bond donors (Lipinski definition) is 2. The number of rotatable bonds is 6. The van der Waals surface area contributed by atoms with Crippen LogP contribution >= 0.6 is 0 Å². The van der Waals surface area contributed by atoms with Crippen molar-refractivity contribution in [2.24, 2.45) is 5.73 Å². The summed E-state index contributed by atoms with van der Waals surface area (Å²) in [5, 5.41) is 2.75. The molecule has 0 unspecified atom stereocenters. The smallest absolute Gasteiger partial charge is 0.245 e. The largest absolute Gasteiger partial charge is 0.352 e. The minimum absolute atomic E-state index is 0.0253. The van der Waals surface area contributed by atoms with Gasteiger partial charge >= 0.3 is 0 Å². The van der Waals surface area contributed by atoms with Crippen molar-refractivity contribution >= 4 is 15.9 Å². The number of likely N-dealkylation sites (N-methyl/N-ethyl adjacent to an activating group) is 1. The predicted molar refractivity (Wildman–Crippen MR) is 73.1 cm³/mol. The summed E-state index contributed by atoms with van der Waals surface area (Å²) in [4.78, 5) is 15.7. The van der Waals surface area contributed by atoms with Gasteiger partial charge in [-0.25, -0.2) is 8.42 Å². The number of pyridine rings is 1. The molecule has 1 aliphatic carbocycles. The van der Waals surface area contributed by atoms with Crippen molar-refractivity contribution in [3.05, 3.63) is 24.0 Å². The Balaban J connectivity index is 2.13. The number of carbonyl (C=O) groups is 1. The van der Waals surface area contributed by atoms with E-state index in [2.05, 4.69) is 10.3 Å². The molecule has 0 aliphatic heterocycles. The van der Waals surface area contributed by atoms with Gasteiger partial charge in [-0.05, 0) is 25.0 Å². The van der Waals surface area contributed by atoms with Gasteiger partial charge in [0.15, 0.2) is 0 Å². The Morgan fingerprint density at radius 2 is 2.25 bits per heavy atom. The van der Waals surface area contributed by atoms with Crippen LogP contribution in [-0.2, 0) is 21.4 Å². The second-order valence-corrected chi connectivity index (χ2v) is 6.77. The van der Waals surface area contributed by atoms with Crippen molar-refractivity contribution < 1.29 is 13.2 Å². The molecule has 1 heterocycles. The molecule has 0 radical (unpaired) electrons. The summed E-state index contributed by atoms with van der Waals surface area (Å²) in [7, 11) is -2.39. The monoisotopic (exact) mass is 298 g/mol. The number of aromatic nitrogens is 1. The molecule has 0 saturated heterocycles. The first-order chi connectivity index (χ1) is 9.45. The first-order valence-electron chi connectivity index (χ1n) is 6.35. The Labute approximate surface area is 118 Å². The summed E-state index contributed by atoms with van der Waals surface area (Å²) in [6.07, 6.45) is 3.41. The third kappa shape index (κ3) is 3.33. The molecule has 20 heavy (non-hydrogen) atoms. The lowest BCUT2D eigenvalue weighted by molar-refractivity contribution is -0.121. The fourth-order valence-corrected chi connectivity index (χ4v) is 3.07. The highest BCUT2D eigenvalue weighted by atomic mass is 32.2. The lowest BCUT2D eigenvalue weighted by Crippen LogP contribution is -2.39. The van der Waals surface area contributed by atoms with Gasteiger partial charge in [-0.3, -0.25) is 9.78 Å². The summed E-state index contributed by atoms with van der Waals surface area (Å²) in [6.45, 7) is -0.185. The summed E-state index contributed by atoms with van der Waals surface area (Å²) in [6, 6.07) is 3.18. The molecule has 7 nitrogen and oxygen atoms in total. The third-order valence-corrected chi connectivity index (χ3v) is 4.92. The van der Waals surface area contributed by atoms with Gasteiger partial charge in [-0.15, -0.1) is 0 Å². The minimum atomic E-state index is -3.76. The van der Waals surface area contributed by atoms with E-state index in [-0.39, 0.29) is 29.9 Å². The maximum Gasteiger partial charge on any atom is 0.245 e. The summed E-state index contributed by atoms with van der Waals surface area (Å²) < 4.78 is 25.8. The zero-order valence-electron chi connectivity index (χ0n) is 11.2. The average molecular weight is 298 g/mol. The van der Waals surface area contributed by atoms with Crippen molar-refractivity contribution in [3.63, 3.8) is 0 Å². The van der Waals surface area contributed by atoms with E-state index < -0.39 is 10.0 Å². The Bertz CT molecular complexity index is 598. The molecule has 1 saturated carbocycles. The SMILES string of the molecule is CN(CC(=O)NC1CC1)S(=O)(=O)c1cccnc1CN. The Hall–Kier alpha value is -1.51. The number of nitrogens with one attached hydrogen (secondary N) is 1. The maximum atomic E-state index is 12.4. The van der Waals surface area contributed by atoms with Crippen LogP contribution in [0.2, 0.25) is 0 Å². The summed E-state index contributed by atoms with van der Waals surface area (Å²) in [5.74, 6) is -0.295. The number of nitrogens with two attached hydrogens (primary N) is 1. The number of sulfonamides is 1. The zero-order valence-corrected chi connectivity index (χ0v) is 12.1. The molecule has 1 aromatic rings. The molecule has 0 atom stereocenters. The number of carbonyl (C=O) groups excluding carboxylic acids is 1. The van der Waals surface area contributed by atoms with Crippen LogP contribution in [0.5, 0.6) is 0 Å². The molecule has 2 rings (SSSR count). The van der Waals surface area contributed by atoms with Gasteiger partial charge in [0.05, 0.1) is 12.2 Å². The Morgan fingerprint density at radius 1 is 1.55 bits per heavy atom. The van der Waals surface area contributed by atoms with Gasteiger partial charge in [-0.2, -0.15) is 4.31 Å². The van der Waals surface area contributed by atoms with Gasteiger partial charge in [0, 0.05) is 25.8 Å². The van der Waals surface area contributed by atoms with E-state index in [9.17, 15) is 13.2 Å². The fraction of sp³-hybridized carbons (Fsp3) is 0.500. The van der Waals surface area contributed by atoms with Crippen LogP contribution < -0.4 is 11.1 Å². The van der Waals surface area contributed by atoms with Crippen LogP contribution in [0.3, 0.4) is 0 Å². The molecule has 3 N–H and O–H groups in total. The van der Waals surface area contributed by atoms with Crippen LogP contribution in [-0.4, -0.2) is 43.2 Å². The average Bonchev–Trinajstić information content (AvgIpc) is 3.22. The predicted octanol–water partition coefficient (Wildman–Crippen LogP) is -0.561. The Morgan fingerprint density at radius 3 is 2.85 bits per heavy atom. The van der Waals surface area contributed by atoms with E-state index in [0.717, 1.165) is 17.1 Å². The van der Waals surface area contributed by atoms with Gasteiger partial charge in [-0.1, -0.05) is 0 Å². The second kappa shape index (κ2) is 5.86. The van der Waals surface area contributed by atoms with Crippen LogP contribution in [0.25, 0.3) is 0 Å². The van der Waals surface area contributed by atoms with E-state index in [1.807, 2.05) is 0 Å². The van der Waals surface area contributed by atoms with Crippen molar-refractivity contribution in [1.29, 1.82) is 0 Å². The zero-order chi connectivity index (χ0) is 14.8. The lowest BCUT2D eigenvalue weighted by Gasteiger charge is -2.18. The molecule has 110 valence electrons. The van der Waals surface area contributed by atoms with Crippen molar-refractivity contribution in [2.45, 2.75) is 30.3 Å². The third-order valence-electron chi connectivity index (χ3n) is 3.04. The van der Waals surface area contributed by atoms with Gasteiger partial charge in [0.2, 0.25) is 15.9 Å². The van der Waals surface area contributed by atoms with Gasteiger partial charge < -0.3 is 11.1 Å². The summed E-state index contributed by atoms with van der Waals surface area (Å²) >= 11 is 0. The lowest BCUT2D eigenvalue weighted by atomic mass is 10.3. The highest BCUT2D eigenvalue weighted by Crippen LogP contribution is 2.19. The quantitative estimate of drug-likeness (QED) is 0.732. The van der Waals surface area contributed by atoms with Crippen molar-refractivity contribution in [3.8, 4) is 0 Å². The first-order valence-corrected chi connectivity index (χ1v) is 7.79. The molecular formula is C12H18N4O3S. The topological polar surface area (TPSA) is 105 Å². The Kier molecular flexibility index (Phi) is 4.36. The molecule has 0 bridgehead atoms. The van der Waals surface area contributed by atoms with E-state index in [4.69, 9.17) is 5.73 Å². The molecule has 0 aromatic carbocycles. The van der Waals surface area contributed by atoms with E-state index in [1.165, 1.54) is 25.4 Å². The van der Waals surface area contributed by atoms with Gasteiger partial charge in [0.25, 0.3) is 0 Å². The first kappa shape index (κ1) is 14.9. The minimum Gasteiger partial charge on any atom is -0.352 e. The van der Waals surface area contributed by atoms with E-state index >= 15 is 0 Å². The second-order valence-electron chi connectivity index (χ2n) is 4.76. The van der Waals surface area contributed by atoms with E-state index in [0.29, 0.717) is 5.69 Å². The normalized spacial score (nSPS) is 15.3.